The molecule has 2 aromatic heterocycles. The van der Waals surface area contributed by atoms with Gasteiger partial charge in [-0.3, -0.25) is 0 Å². The van der Waals surface area contributed by atoms with Crippen LogP contribution in [0.3, 0.4) is 0 Å². The molecule has 0 fully saturated rings. The Balaban J connectivity index is 2.01. The van der Waals surface area contributed by atoms with E-state index >= 15 is 0 Å². The third kappa shape index (κ3) is 3.43. The van der Waals surface area contributed by atoms with Crippen LogP contribution in [0.1, 0.15) is 19.0 Å². The summed E-state index contributed by atoms with van der Waals surface area (Å²) < 4.78 is 5.58. The lowest BCUT2D eigenvalue weighted by Gasteiger charge is -2.08. The number of nitrogens with zero attached hydrogens (tertiary/aromatic N) is 3. The van der Waals surface area contributed by atoms with Crippen molar-refractivity contribution in [3.8, 4) is 0 Å². The van der Waals surface area contributed by atoms with Gasteiger partial charge in [-0.25, -0.2) is 4.98 Å². The van der Waals surface area contributed by atoms with Crippen molar-refractivity contribution in [2.24, 2.45) is 0 Å². The van der Waals surface area contributed by atoms with Crippen LogP contribution in [-0.2, 0) is 6.54 Å². The van der Waals surface area contributed by atoms with Crippen molar-refractivity contribution in [2.45, 2.75) is 19.9 Å². The van der Waals surface area contributed by atoms with Crippen LogP contribution in [0.5, 0.6) is 0 Å². The molecule has 2 heterocycles. The maximum absolute atomic E-state index is 4.76. The second-order valence-electron chi connectivity index (χ2n) is 3.66. The normalized spacial score (nSPS) is 10.3. The Kier molecular flexibility index (Phi) is 4.52. The van der Waals surface area contributed by atoms with Gasteiger partial charge in [0.15, 0.2) is 0 Å². The van der Waals surface area contributed by atoms with Crippen LogP contribution in [0.2, 0.25) is 0 Å². The summed E-state index contributed by atoms with van der Waals surface area (Å²) >= 11 is 3.40. The molecule has 7 heteroatoms. The van der Waals surface area contributed by atoms with Gasteiger partial charge in [0.25, 0.3) is 0 Å². The molecule has 0 aliphatic carbocycles. The molecular weight excluding hydrogens is 298 g/mol. The first-order chi connectivity index (χ1) is 8.79. The molecule has 0 bridgehead atoms. The third-order valence-electron chi connectivity index (χ3n) is 2.21. The lowest BCUT2D eigenvalue weighted by atomic mass is 10.4. The third-order valence-corrected chi connectivity index (χ3v) is 2.79. The van der Waals surface area contributed by atoms with Crippen molar-refractivity contribution in [1.29, 1.82) is 0 Å². The predicted octanol–water partition coefficient (Wildman–Crippen LogP) is 2.66. The highest BCUT2D eigenvalue weighted by molar-refractivity contribution is 9.10. The van der Waals surface area contributed by atoms with Gasteiger partial charge in [-0.2, -0.15) is 4.98 Å². The van der Waals surface area contributed by atoms with Crippen LogP contribution < -0.4 is 10.6 Å². The van der Waals surface area contributed by atoms with Crippen molar-refractivity contribution in [3.05, 3.63) is 28.7 Å². The topological polar surface area (TPSA) is 75.9 Å². The molecule has 2 N–H and O–H groups in total. The van der Waals surface area contributed by atoms with Gasteiger partial charge >= 0.3 is 0 Å². The molecule has 0 aliphatic rings. The Bertz CT molecular complexity index is 488. The van der Waals surface area contributed by atoms with Gasteiger partial charge in [-0.05, 0) is 22.4 Å². The van der Waals surface area contributed by atoms with E-state index in [0.29, 0.717) is 12.5 Å². The minimum absolute atomic E-state index is 0.555. The van der Waals surface area contributed by atoms with E-state index in [1.165, 1.54) is 0 Å². The van der Waals surface area contributed by atoms with Crippen molar-refractivity contribution in [1.82, 2.24) is 15.1 Å². The lowest BCUT2D eigenvalue weighted by molar-refractivity contribution is 0.412. The maximum Gasteiger partial charge on any atom is 0.224 e. The number of hydrogen-bond donors (Lipinski definition) is 2. The molecule has 6 nitrogen and oxygen atoms in total. The van der Waals surface area contributed by atoms with Gasteiger partial charge in [0, 0.05) is 18.8 Å². The molecule has 0 saturated heterocycles. The van der Waals surface area contributed by atoms with Crippen molar-refractivity contribution in [2.75, 3.05) is 17.2 Å². The summed E-state index contributed by atoms with van der Waals surface area (Å²) in [6, 6.07) is 1.80. The summed E-state index contributed by atoms with van der Waals surface area (Å²) in [6.07, 6.45) is 4.29. The fraction of sp³-hybridized carbons (Fsp3) is 0.364. The Hall–Kier alpha value is -1.63. The van der Waals surface area contributed by atoms with Crippen LogP contribution in [0.15, 0.2) is 27.5 Å². The van der Waals surface area contributed by atoms with Gasteiger partial charge in [0.2, 0.25) is 5.95 Å². The highest BCUT2D eigenvalue weighted by Gasteiger charge is 2.05. The molecule has 2 aromatic rings. The van der Waals surface area contributed by atoms with Crippen LogP contribution in [0.4, 0.5) is 11.8 Å². The first-order valence-electron chi connectivity index (χ1n) is 5.69. The summed E-state index contributed by atoms with van der Waals surface area (Å²) in [6.45, 7) is 3.50. The number of anilines is 2. The monoisotopic (exact) mass is 311 g/mol. The highest BCUT2D eigenvalue weighted by atomic mass is 79.9. The Morgan fingerprint density at radius 2 is 2.28 bits per heavy atom. The molecule has 0 aromatic carbocycles. The molecule has 0 saturated carbocycles. The molecule has 0 unspecified atom stereocenters. The SMILES string of the molecule is CCCNc1ncc(Br)c(NCc2ccon2)n1. The van der Waals surface area contributed by atoms with Crippen LogP contribution in [0, 0.1) is 0 Å². The van der Waals surface area contributed by atoms with E-state index in [-0.39, 0.29) is 0 Å². The van der Waals surface area contributed by atoms with Gasteiger partial charge in [0.05, 0.1) is 11.0 Å². The highest BCUT2D eigenvalue weighted by Crippen LogP contribution is 2.20. The fourth-order valence-electron chi connectivity index (χ4n) is 1.32. The number of rotatable bonds is 6. The first-order valence-corrected chi connectivity index (χ1v) is 6.48. The molecule has 0 atom stereocenters. The van der Waals surface area contributed by atoms with E-state index < -0.39 is 0 Å². The van der Waals surface area contributed by atoms with Crippen molar-refractivity contribution in [3.63, 3.8) is 0 Å². The zero-order valence-corrected chi connectivity index (χ0v) is 11.6. The van der Waals surface area contributed by atoms with E-state index in [4.69, 9.17) is 4.52 Å². The van der Waals surface area contributed by atoms with Crippen molar-refractivity contribution >= 4 is 27.7 Å². The van der Waals surface area contributed by atoms with Gasteiger partial charge in [-0.1, -0.05) is 12.1 Å². The maximum atomic E-state index is 4.76. The van der Waals surface area contributed by atoms with E-state index in [0.717, 1.165) is 29.0 Å². The van der Waals surface area contributed by atoms with Crippen molar-refractivity contribution < 1.29 is 4.52 Å². The van der Waals surface area contributed by atoms with Crippen LogP contribution >= 0.6 is 15.9 Å². The summed E-state index contributed by atoms with van der Waals surface area (Å²) in [7, 11) is 0. The van der Waals surface area contributed by atoms with Gasteiger partial charge in [-0.15, -0.1) is 0 Å². The molecule has 0 amide bonds. The average molecular weight is 312 g/mol. The summed E-state index contributed by atoms with van der Waals surface area (Å²) in [5.41, 5.74) is 0.823. The van der Waals surface area contributed by atoms with Gasteiger partial charge < -0.3 is 15.2 Å². The Morgan fingerprint density at radius 3 is 3.00 bits per heavy atom. The minimum Gasteiger partial charge on any atom is -0.364 e. The van der Waals surface area contributed by atoms with E-state index in [2.05, 4.69) is 48.6 Å². The number of nitrogens with one attached hydrogen (secondary N) is 2. The molecule has 96 valence electrons. The summed E-state index contributed by atoms with van der Waals surface area (Å²) in [5, 5.41) is 10.1. The minimum atomic E-state index is 0.555. The molecule has 0 radical (unpaired) electrons. The molecule has 18 heavy (non-hydrogen) atoms. The zero-order valence-electron chi connectivity index (χ0n) is 9.98. The number of aromatic nitrogens is 3. The largest absolute Gasteiger partial charge is 0.364 e. The lowest BCUT2D eigenvalue weighted by Crippen LogP contribution is -2.08. The number of hydrogen-bond acceptors (Lipinski definition) is 6. The van der Waals surface area contributed by atoms with Gasteiger partial charge in [0.1, 0.15) is 17.8 Å². The average Bonchev–Trinajstić information content (AvgIpc) is 2.89. The summed E-state index contributed by atoms with van der Waals surface area (Å²) in [4.78, 5) is 8.55. The summed E-state index contributed by atoms with van der Waals surface area (Å²) in [5.74, 6) is 1.34. The van der Waals surface area contributed by atoms with E-state index in [1.807, 2.05) is 0 Å². The second kappa shape index (κ2) is 6.34. The second-order valence-corrected chi connectivity index (χ2v) is 4.52. The molecule has 0 spiro atoms. The predicted molar refractivity (Wildman–Crippen MR) is 72.3 cm³/mol. The molecule has 0 aliphatic heterocycles. The smallest absolute Gasteiger partial charge is 0.224 e. The fourth-order valence-corrected chi connectivity index (χ4v) is 1.65. The Morgan fingerprint density at radius 1 is 1.39 bits per heavy atom. The van der Waals surface area contributed by atoms with Crippen LogP contribution in [0.25, 0.3) is 0 Å². The standard InChI is InChI=1S/C11H14BrN5O/c1-2-4-13-11-15-7-9(12)10(16-11)14-6-8-3-5-18-17-8/h3,5,7H,2,4,6H2,1H3,(H2,13,14,15,16). The quantitative estimate of drug-likeness (QED) is 0.854. The van der Waals surface area contributed by atoms with Crippen LogP contribution in [-0.4, -0.2) is 21.7 Å². The van der Waals surface area contributed by atoms with E-state index in [9.17, 15) is 0 Å². The molecule has 2 rings (SSSR count). The first kappa shape index (κ1) is 12.8. The number of halogens is 1. The zero-order chi connectivity index (χ0) is 12.8. The Labute approximate surface area is 113 Å². The van der Waals surface area contributed by atoms with E-state index in [1.54, 1.807) is 18.5 Å². The molecular formula is C11H14BrN5O.